The summed E-state index contributed by atoms with van der Waals surface area (Å²) in [6, 6.07) is 6.80. The number of rotatable bonds is 4. The largest absolute Gasteiger partial charge is 0.467 e. The Balaban J connectivity index is 2.33. The molecule has 2 rings (SSSR count). The summed E-state index contributed by atoms with van der Waals surface area (Å²) in [5.74, 6) is -1.18. The highest BCUT2D eigenvalue weighted by atomic mass is 16.5. The number of carbonyl (C=O) groups is 3. The summed E-state index contributed by atoms with van der Waals surface area (Å²) < 4.78 is 9.50. The van der Waals surface area contributed by atoms with E-state index in [0.29, 0.717) is 12.0 Å². The van der Waals surface area contributed by atoms with E-state index in [-0.39, 0.29) is 5.91 Å². The molecule has 0 radical (unpaired) electrons. The molecule has 2 atom stereocenters. The normalized spacial score (nSPS) is 26.0. The first-order valence-corrected chi connectivity index (χ1v) is 6.87. The van der Waals surface area contributed by atoms with Gasteiger partial charge in [-0.2, -0.15) is 0 Å². The van der Waals surface area contributed by atoms with E-state index in [2.05, 4.69) is 10.1 Å². The van der Waals surface area contributed by atoms with Crippen LogP contribution in [-0.2, 0) is 24.5 Å². The summed E-state index contributed by atoms with van der Waals surface area (Å²) >= 11 is 0. The average molecular weight is 305 g/mol. The molecule has 0 heterocycles. The number of carbonyl (C=O) groups excluding carboxylic acids is 3. The lowest BCUT2D eigenvalue weighted by Crippen LogP contribution is -2.48. The number of methoxy groups -OCH3 is 2. The second kappa shape index (κ2) is 5.44. The molecule has 22 heavy (non-hydrogen) atoms. The maximum Gasteiger partial charge on any atom is 0.337 e. The molecule has 0 aliphatic heterocycles. The minimum atomic E-state index is -1.06. The molecule has 0 bridgehead atoms. The molecule has 6 nitrogen and oxygen atoms in total. The number of benzene rings is 1. The molecule has 1 aromatic rings. The predicted molar refractivity (Wildman–Crippen MR) is 78.3 cm³/mol. The van der Waals surface area contributed by atoms with Gasteiger partial charge in [0.25, 0.3) is 0 Å². The van der Waals surface area contributed by atoms with E-state index in [1.165, 1.54) is 21.1 Å². The van der Waals surface area contributed by atoms with E-state index < -0.39 is 22.9 Å². The van der Waals surface area contributed by atoms with Gasteiger partial charge in [0.15, 0.2) is 0 Å². The van der Waals surface area contributed by atoms with Crippen molar-refractivity contribution in [1.82, 2.24) is 5.32 Å². The molecule has 118 valence electrons. The SMILES string of the molecule is COC(=O)c1ccc([C@]2(C)C[C@]2(NC(C)=O)C(=O)OC)cc1. The van der Waals surface area contributed by atoms with Crippen molar-refractivity contribution in [2.45, 2.75) is 31.2 Å². The van der Waals surface area contributed by atoms with Crippen molar-refractivity contribution in [3.05, 3.63) is 35.4 Å². The number of esters is 2. The Labute approximate surface area is 128 Å². The third kappa shape index (κ3) is 2.34. The zero-order chi connectivity index (χ0) is 16.5. The summed E-state index contributed by atoms with van der Waals surface area (Å²) in [7, 11) is 2.61. The van der Waals surface area contributed by atoms with E-state index in [1.54, 1.807) is 24.3 Å². The van der Waals surface area contributed by atoms with Gasteiger partial charge in [-0.3, -0.25) is 4.79 Å². The molecule has 0 unspecified atom stereocenters. The summed E-state index contributed by atoms with van der Waals surface area (Å²) in [6.07, 6.45) is 0.448. The highest BCUT2D eigenvalue weighted by molar-refractivity contribution is 5.94. The van der Waals surface area contributed by atoms with Crippen LogP contribution in [0, 0.1) is 0 Å². The number of hydrogen-bond donors (Lipinski definition) is 1. The fourth-order valence-electron chi connectivity index (χ4n) is 2.93. The molecule has 1 amide bonds. The fraction of sp³-hybridized carbons (Fsp3) is 0.438. The third-order valence-electron chi connectivity index (χ3n) is 4.30. The standard InChI is InChI=1S/C16H19NO5/c1-10(18)17-16(14(20)22-4)9-15(16,2)12-7-5-11(6-8-12)13(19)21-3/h5-8H,9H2,1-4H3,(H,17,18)/t15-,16-/m0/s1. The number of nitrogens with one attached hydrogen (secondary N) is 1. The van der Waals surface area contributed by atoms with E-state index in [1.807, 2.05) is 6.92 Å². The van der Waals surface area contributed by atoms with Gasteiger partial charge in [-0.25, -0.2) is 9.59 Å². The zero-order valence-corrected chi connectivity index (χ0v) is 13.1. The van der Waals surface area contributed by atoms with Gasteiger partial charge >= 0.3 is 11.9 Å². The topological polar surface area (TPSA) is 81.7 Å². The van der Waals surface area contributed by atoms with Crippen LogP contribution in [0.3, 0.4) is 0 Å². The van der Waals surface area contributed by atoms with Crippen molar-refractivity contribution in [3.63, 3.8) is 0 Å². The van der Waals surface area contributed by atoms with Crippen LogP contribution in [-0.4, -0.2) is 37.6 Å². The maximum atomic E-state index is 12.1. The Morgan fingerprint density at radius 2 is 1.68 bits per heavy atom. The fourth-order valence-corrected chi connectivity index (χ4v) is 2.93. The first-order chi connectivity index (χ1) is 10.3. The Hall–Kier alpha value is -2.37. The highest BCUT2D eigenvalue weighted by Crippen LogP contribution is 2.58. The monoisotopic (exact) mass is 305 g/mol. The second-order valence-corrected chi connectivity index (χ2v) is 5.66. The third-order valence-corrected chi connectivity index (χ3v) is 4.30. The Morgan fingerprint density at radius 3 is 2.14 bits per heavy atom. The minimum absolute atomic E-state index is 0.291. The molecule has 0 spiro atoms. The van der Waals surface area contributed by atoms with Crippen LogP contribution < -0.4 is 5.32 Å². The minimum Gasteiger partial charge on any atom is -0.467 e. The van der Waals surface area contributed by atoms with Crippen molar-refractivity contribution >= 4 is 17.8 Å². The molecule has 1 fully saturated rings. The maximum absolute atomic E-state index is 12.1. The van der Waals surface area contributed by atoms with Crippen molar-refractivity contribution in [1.29, 1.82) is 0 Å². The van der Waals surface area contributed by atoms with Gasteiger partial charge < -0.3 is 14.8 Å². The van der Waals surface area contributed by atoms with Crippen molar-refractivity contribution in [3.8, 4) is 0 Å². The Bertz CT molecular complexity index is 624. The van der Waals surface area contributed by atoms with Crippen molar-refractivity contribution < 1.29 is 23.9 Å². The van der Waals surface area contributed by atoms with Gasteiger partial charge in [-0.1, -0.05) is 19.1 Å². The Morgan fingerprint density at radius 1 is 1.09 bits per heavy atom. The molecule has 1 aliphatic carbocycles. The van der Waals surface area contributed by atoms with Crippen molar-refractivity contribution in [2.75, 3.05) is 14.2 Å². The molecule has 0 saturated heterocycles. The van der Waals surface area contributed by atoms with Gasteiger partial charge in [0.1, 0.15) is 5.54 Å². The lowest BCUT2D eigenvalue weighted by Gasteiger charge is -2.22. The van der Waals surface area contributed by atoms with E-state index in [4.69, 9.17) is 4.74 Å². The molecule has 1 N–H and O–H groups in total. The lowest BCUT2D eigenvalue weighted by molar-refractivity contribution is -0.147. The van der Waals surface area contributed by atoms with Crippen LogP contribution in [0.5, 0.6) is 0 Å². The number of hydrogen-bond acceptors (Lipinski definition) is 5. The number of amides is 1. The van der Waals surface area contributed by atoms with E-state index in [0.717, 1.165) is 5.56 Å². The summed E-state index contributed by atoms with van der Waals surface area (Å²) in [5.41, 5.74) is -0.348. The van der Waals surface area contributed by atoms with Crippen LogP contribution in [0.25, 0.3) is 0 Å². The highest BCUT2D eigenvalue weighted by Gasteiger charge is 2.71. The van der Waals surface area contributed by atoms with Gasteiger partial charge in [-0.05, 0) is 24.1 Å². The van der Waals surface area contributed by atoms with Crippen LogP contribution in [0.1, 0.15) is 36.2 Å². The molecule has 1 saturated carbocycles. The van der Waals surface area contributed by atoms with Crippen molar-refractivity contribution in [2.24, 2.45) is 0 Å². The summed E-state index contributed by atoms with van der Waals surface area (Å²) in [4.78, 5) is 35.0. The zero-order valence-electron chi connectivity index (χ0n) is 13.1. The van der Waals surface area contributed by atoms with Gasteiger partial charge in [-0.15, -0.1) is 0 Å². The average Bonchev–Trinajstić information content (AvgIpc) is 3.11. The molecular weight excluding hydrogens is 286 g/mol. The summed E-state index contributed by atoms with van der Waals surface area (Å²) in [5, 5.41) is 2.71. The molecule has 1 aromatic carbocycles. The Kier molecular flexibility index (Phi) is 3.96. The molecule has 6 heteroatoms. The first kappa shape index (κ1) is 16.0. The van der Waals surface area contributed by atoms with Gasteiger partial charge in [0, 0.05) is 12.3 Å². The first-order valence-electron chi connectivity index (χ1n) is 6.87. The molecule has 1 aliphatic rings. The lowest BCUT2D eigenvalue weighted by atomic mass is 9.91. The smallest absolute Gasteiger partial charge is 0.337 e. The predicted octanol–water partition coefficient (Wildman–Crippen LogP) is 1.18. The molecule has 0 aromatic heterocycles. The van der Waals surface area contributed by atoms with Crippen LogP contribution >= 0.6 is 0 Å². The molecular formula is C16H19NO5. The van der Waals surface area contributed by atoms with E-state index >= 15 is 0 Å². The van der Waals surface area contributed by atoms with Crippen LogP contribution in [0.2, 0.25) is 0 Å². The van der Waals surface area contributed by atoms with Gasteiger partial charge in [0.2, 0.25) is 5.91 Å². The quantitative estimate of drug-likeness (QED) is 0.845. The van der Waals surface area contributed by atoms with E-state index in [9.17, 15) is 14.4 Å². The number of ether oxygens (including phenoxy) is 2. The van der Waals surface area contributed by atoms with Crippen LogP contribution in [0.4, 0.5) is 0 Å². The van der Waals surface area contributed by atoms with Gasteiger partial charge in [0.05, 0.1) is 19.8 Å². The second-order valence-electron chi connectivity index (χ2n) is 5.66. The summed E-state index contributed by atoms with van der Waals surface area (Å²) in [6.45, 7) is 3.25. The van der Waals surface area contributed by atoms with Crippen LogP contribution in [0.15, 0.2) is 24.3 Å².